The van der Waals surface area contributed by atoms with Crippen LogP contribution >= 0.6 is 11.8 Å². The van der Waals surface area contributed by atoms with E-state index in [2.05, 4.69) is 10.3 Å². The molecular weight excluding hydrogens is 420 g/mol. The molecule has 1 N–H and O–H groups in total. The summed E-state index contributed by atoms with van der Waals surface area (Å²) in [6.45, 7) is 3.82. The molecule has 0 fully saturated rings. The third-order valence-electron chi connectivity index (χ3n) is 4.94. The van der Waals surface area contributed by atoms with Gasteiger partial charge in [-0.3, -0.25) is 14.2 Å². The Morgan fingerprint density at radius 1 is 1.13 bits per heavy atom. The van der Waals surface area contributed by atoms with Crippen molar-refractivity contribution < 1.29 is 13.6 Å². The van der Waals surface area contributed by atoms with Gasteiger partial charge in [-0.05, 0) is 48.9 Å². The molecule has 0 radical (unpaired) electrons. The summed E-state index contributed by atoms with van der Waals surface area (Å²) < 4.78 is 28.7. The molecule has 1 atom stereocenters. The molecule has 1 amide bonds. The van der Waals surface area contributed by atoms with Gasteiger partial charge in [-0.25, -0.2) is 13.8 Å². The van der Waals surface area contributed by atoms with Crippen LogP contribution in [0.25, 0.3) is 21.7 Å². The first-order valence-electron chi connectivity index (χ1n) is 9.73. The van der Waals surface area contributed by atoms with E-state index in [0.717, 1.165) is 40.7 Å². The van der Waals surface area contributed by atoms with Gasteiger partial charge in [-0.1, -0.05) is 36.0 Å². The molecule has 0 aliphatic heterocycles. The summed E-state index contributed by atoms with van der Waals surface area (Å²) >= 11 is 1.09. The lowest BCUT2D eigenvalue weighted by atomic mass is 10.1. The molecule has 0 aliphatic rings. The minimum atomic E-state index is -0.729. The normalized spacial score (nSPS) is 12.3. The van der Waals surface area contributed by atoms with E-state index in [4.69, 9.17) is 0 Å². The van der Waals surface area contributed by atoms with Crippen LogP contribution in [0.3, 0.4) is 0 Å². The number of hydrogen-bond acceptors (Lipinski definition) is 4. The smallest absolute Gasteiger partial charge is 0.262 e. The monoisotopic (exact) mass is 439 g/mol. The predicted octanol–water partition coefficient (Wildman–Crippen LogP) is 4.97. The van der Waals surface area contributed by atoms with E-state index in [9.17, 15) is 18.4 Å². The molecule has 0 saturated heterocycles. The maximum atomic E-state index is 13.8. The van der Waals surface area contributed by atoms with E-state index >= 15 is 0 Å². The molecule has 0 bridgehead atoms. The number of amides is 1. The van der Waals surface area contributed by atoms with Gasteiger partial charge in [0.25, 0.3) is 5.56 Å². The third-order valence-corrected chi connectivity index (χ3v) is 6.03. The molecule has 1 heterocycles. The minimum absolute atomic E-state index is 0.190. The Bertz CT molecular complexity index is 1370. The Hall–Kier alpha value is -3.26. The van der Waals surface area contributed by atoms with Crippen LogP contribution in [-0.2, 0) is 11.3 Å². The number of anilines is 1. The number of hydrogen-bond donors (Lipinski definition) is 1. The highest BCUT2D eigenvalue weighted by molar-refractivity contribution is 8.00. The molecule has 5 nitrogen and oxygen atoms in total. The first-order chi connectivity index (χ1) is 14.9. The van der Waals surface area contributed by atoms with Crippen molar-refractivity contribution in [2.45, 2.75) is 30.8 Å². The van der Waals surface area contributed by atoms with E-state index in [-0.39, 0.29) is 11.2 Å². The summed E-state index contributed by atoms with van der Waals surface area (Å²) in [6, 6.07) is 14.2. The molecule has 1 aromatic heterocycles. The number of benzene rings is 3. The quantitative estimate of drug-likeness (QED) is 0.271. The van der Waals surface area contributed by atoms with Gasteiger partial charge >= 0.3 is 0 Å². The second kappa shape index (κ2) is 8.47. The average Bonchev–Trinajstić information content (AvgIpc) is 2.75. The Morgan fingerprint density at radius 2 is 1.84 bits per heavy atom. The van der Waals surface area contributed by atoms with Crippen molar-refractivity contribution in [1.29, 1.82) is 0 Å². The number of thioether (sulfide) groups is 1. The maximum Gasteiger partial charge on any atom is 0.262 e. The Morgan fingerprint density at radius 3 is 2.55 bits per heavy atom. The maximum absolute atomic E-state index is 13.8. The Kier molecular flexibility index (Phi) is 5.73. The van der Waals surface area contributed by atoms with Crippen LogP contribution in [0.1, 0.15) is 13.8 Å². The predicted molar refractivity (Wildman–Crippen MR) is 119 cm³/mol. The molecule has 31 heavy (non-hydrogen) atoms. The molecule has 8 heteroatoms. The molecule has 0 aliphatic carbocycles. The lowest BCUT2D eigenvalue weighted by Crippen LogP contribution is -2.27. The fourth-order valence-electron chi connectivity index (χ4n) is 3.30. The number of carbonyl (C=O) groups excluding carboxylic acids is 1. The van der Waals surface area contributed by atoms with E-state index in [1.54, 1.807) is 6.92 Å². The molecule has 0 spiro atoms. The Labute approximate surface area is 181 Å². The van der Waals surface area contributed by atoms with Crippen LogP contribution in [0.2, 0.25) is 0 Å². The summed E-state index contributed by atoms with van der Waals surface area (Å²) in [6.07, 6.45) is 0. The summed E-state index contributed by atoms with van der Waals surface area (Å²) in [5.74, 6) is -1.90. The van der Waals surface area contributed by atoms with Crippen molar-refractivity contribution in [3.63, 3.8) is 0 Å². The fourth-order valence-corrected chi connectivity index (χ4v) is 4.27. The lowest BCUT2D eigenvalue weighted by Gasteiger charge is -2.16. The number of rotatable bonds is 5. The number of nitrogens with zero attached hydrogens (tertiary/aromatic N) is 2. The highest BCUT2D eigenvalue weighted by atomic mass is 32.2. The second-order valence-electron chi connectivity index (χ2n) is 7.03. The van der Waals surface area contributed by atoms with Crippen LogP contribution in [0.15, 0.2) is 64.5 Å². The number of carbonyl (C=O) groups is 1. The first kappa shape index (κ1) is 21.0. The van der Waals surface area contributed by atoms with Gasteiger partial charge in [0.15, 0.2) is 5.16 Å². The van der Waals surface area contributed by atoms with Crippen LogP contribution < -0.4 is 10.9 Å². The van der Waals surface area contributed by atoms with Crippen molar-refractivity contribution >= 4 is 45.0 Å². The van der Waals surface area contributed by atoms with Crippen LogP contribution in [0, 0.1) is 11.6 Å². The van der Waals surface area contributed by atoms with Crippen molar-refractivity contribution in [3.8, 4) is 0 Å². The molecule has 4 rings (SSSR count). The van der Waals surface area contributed by atoms with Gasteiger partial charge in [0.2, 0.25) is 5.91 Å². The molecule has 158 valence electrons. The minimum Gasteiger partial charge on any atom is -0.323 e. The lowest BCUT2D eigenvalue weighted by molar-refractivity contribution is -0.115. The van der Waals surface area contributed by atoms with Gasteiger partial charge < -0.3 is 5.32 Å². The topological polar surface area (TPSA) is 64.0 Å². The fraction of sp³-hybridized carbons (Fsp3) is 0.174. The van der Waals surface area contributed by atoms with Gasteiger partial charge in [0, 0.05) is 12.6 Å². The van der Waals surface area contributed by atoms with Crippen LogP contribution in [0.4, 0.5) is 14.5 Å². The number of aromatic nitrogens is 2. The van der Waals surface area contributed by atoms with Crippen molar-refractivity contribution in [3.05, 3.63) is 76.6 Å². The largest absolute Gasteiger partial charge is 0.323 e. The van der Waals surface area contributed by atoms with Gasteiger partial charge in [0.1, 0.15) is 11.6 Å². The average molecular weight is 439 g/mol. The summed E-state index contributed by atoms with van der Waals surface area (Å²) in [7, 11) is 0. The molecule has 1 unspecified atom stereocenters. The van der Waals surface area contributed by atoms with Gasteiger partial charge in [-0.15, -0.1) is 0 Å². The molecule has 3 aromatic carbocycles. The summed E-state index contributed by atoms with van der Waals surface area (Å²) in [5.41, 5.74) is 0.118. The van der Waals surface area contributed by atoms with Crippen molar-refractivity contribution in [1.82, 2.24) is 9.55 Å². The Balaban J connectivity index is 1.68. The first-order valence-corrected chi connectivity index (χ1v) is 10.6. The second-order valence-corrected chi connectivity index (χ2v) is 8.34. The molecular formula is C23H19F2N3O2S. The van der Waals surface area contributed by atoms with Crippen molar-refractivity contribution in [2.75, 3.05) is 5.32 Å². The van der Waals surface area contributed by atoms with E-state index in [1.165, 1.54) is 4.57 Å². The van der Waals surface area contributed by atoms with E-state index in [0.29, 0.717) is 22.6 Å². The standard InChI is InChI=1S/C23H19F2N3O2S/c1-3-28-22(30)17-10-14-6-4-5-7-15(14)11-19(17)27-23(28)31-13(2)21(29)26-20-12-16(24)8-9-18(20)25/h4-13H,3H2,1-2H3,(H,26,29). The van der Waals surface area contributed by atoms with Crippen LogP contribution in [-0.4, -0.2) is 20.7 Å². The molecule has 0 saturated carbocycles. The highest BCUT2D eigenvalue weighted by Gasteiger charge is 2.20. The zero-order valence-electron chi connectivity index (χ0n) is 16.9. The molecule has 4 aromatic rings. The summed E-state index contributed by atoms with van der Waals surface area (Å²) in [5, 5.41) is 4.49. The number of fused-ring (bicyclic) bond motifs is 2. The van der Waals surface area contributed by atoms with E-state index < -0.39 is 22.8 Å². The van der Waals surface area contributed by atoms with E-state index in [1.807, 2.05) is 43.3 Å². The summed E-state index contributed by atoms with van der Waals surface area (Å²) in [4.78, 5) is 30.3. The third kappa shape index (κ3) is 4.16. The zero-order chi connectivity index (χ0) is 22.1. The SMILES string of the molecule is CCn1c(SC(C)C(=O)Nc2cc(F)ccc2F)nc2cc3ccccc3cc2c1=O. The highest BCUT2D eigenvalue weighted by Crippen LogP contribution is 2.26. The van der Waals surface area contributed by atoms with Crippen LogP contribution in [0.5, 0.6) is 0 Å². The zero-order valence-corrected chi connectivity index (χ0v) is 17.7. The number of nitrogens with one attached hydrogen (secondary N) is 1. The van der Waals surface area contributed by atoms with Gasteiger partial charge in [0.05, 0.1) is 21.8 Å². The van der Waals surface area contributed by atoms with Crippen molar-refractivity contribution in [2.24, 2.45) is 0 Å². The van der Waals surface area contributed by atoms with Gasteiger partial charge in [-0.2, -0.15) is 0 Å². The number of halogens is 2.